The van der Waals surface area contributed by atoms with Crippen molar-refractivity contribution in [3.8, 4) is 0 Å². The van der Waals surface area contributed by atoms with Crippen molar-refractivity contribution in [3.05, 3.63) is 58.0 Å². The number of thioether (sulfide) groups is 2. The number of carbonyl (C=O) groups excluding carboxylic acids is 3. The fourth-order valence-corrected chi connectivity index (χ4v) is 7.87. The summed E-state index contributed by atoms with van der Waals surface area (Å²) in [7, 11) is 0. The average Bonchev–Trinajstić information content (AvgIpc) is 3.18. The highest BCUT2D eigenvalue weighted by Gasteiger charge is 2.45. The molecule has 2 aromatic rings. The molecule has 3 heterocycles. The molecule has 2 aromatic carbocycles. The van der Waals surface area contributed by atoms with Gasteiger partial charge in [0.15, 0.2) is 0 Å². The lowest BCUT2D eigenvalue weighted by molar-refractivity contribution is -0.126. The summed E-state index contributed by atoms with van der Waals surface area (Å²) in [6.45, 7) is 0.303. The summed E-state index contributed by atoms with van der Waals surface area (Å²) < 4.78 is 0. The van der Waals surface area contributed by atoms with Crippen LogP contribution in [0.3, 0.4) is 0 Å². The number of rotatable bonds is 4. The van der Waals surface area contributed by atoms with E-state index >= 15 is 0 Å². The second kappa shape index (κ2) is 7.93. The van der Waals surface area contributed by atoms with E-state index < -0.39 is 0 Å². The maximum atomic E-state index is 13.0. The van der Waals surface area contributed by atoms with Crippen LogP contribution in [0.2, 0.25) is 0 Å². The van der Waals surface area contributed by atoms with Crippen molar-refractivity contribution in [1.82, 2.24) is 15.5 Å². The van der Waals surface area contributed by atoms with Gasteiger partial charge in [0.25, 0.3) is 11.8 Å². The van der Waals surface area contributed by atoms with Gasteiger partial charge >= 0.3 is 0 Å². The number of hydrogen-bond acceptors (Lipinski definition) is 6. The van der Waals surface area contributed by atoms with E-state index in [4.69, 9.17) is 0 Å². The monoisotopic (exact) mass is 465 g/mol. The molecule has 3 unspecified atom stereocenters. The first-order valence-electron chi connectivity index (χ1n) is 11.1. The number of nitrogens with one attached hydrogen (secondary N) is 2. The number of carbonyl (C=O) groups is 3. The Bertz CT molecular complexity index is 1140. The quantitative estimate of drug-likeness (QED) is 0.671. The Morgan fingerprint density at radius 2 is 1.72 bits per heavy atom. The van der Waals surface area contributed by atoms with E-state index in [2.05, 4.69) is 10.6 Å². The summed E-state index contributed by atoms with van der Waals surface area (Å²) >= 11 is 3.35. The zero-order valence-electron chi connectivity index (χ0n) is 17.4. The summed E-state index contributed by atoms with van der Waals surface area (Å²) in [5.74, 6) is 0.0846. The number of benzene rings is 2. The smallest absolute Gasteiger partial charge is 0.261 e. The lowest BCUT2D eigenvalue weighted by Gasteiger charge is -2.34. The molecular formula is C24H23N3O3S2. The minimum atomic E-state index is -0.246. The zero-order valence-corrected chi connectivity index (χ0v) is 19.1. The van der Waals surface area contributed by atoms with Gasteiger partial charge in [-0.3, -0.25) is 24.6 Å². The van der Waals surface area contributed by atoms with Gasteiger partial charge in [0, 0.05) is 28.8 Å². The van der Waals surface area contributed by atoms with Gasteiger partial charge in [-0.2, -0.15) is 0 Å². The molecule has 164 valence electrons. The van der Waals surface area contributed by atoms with Crippen molar-refractivity contribution in [3.63, 3.8) is 0 Å². The SMILES string of the molecule is O=C1NC(SCCN2C(=O)c3cccc4cccc(c34)C2=O)NC2SC3=C(CCCC3)C12. The van der Waals surface area contributed by atoms with Gasteiger partial charge in [-0.1, -0.05) is 24.3 Å². The predicted octanol–water partition coefficient (Wildman–Crippen LogP) is 3.69. The molecular weight excluding hydrogens is 442 g/mol. The molecule has 6 rings (SSSR count). The third kappa shape index (κ3) is 3.19. The Morgan fingerprint density at radius 1 is 1.00 bits per heavy atom. The Morgan fingerprint density at radius 3 is 2.47 bits per heavy atom. The molecule has 8 heteroatoms. The largest absolute Gasteiger partial charge is 0.331 e. The van der Waals surface area contributed by atoms with Crippen LogP contribution in [0.5, 0.6) is 0 Å². The molecule has 3 atom stereocenters. The third-order valence-corrected chi connectivity index (χ3v) is 9.15. The van der Waals surface area contributed by atoms with Gasteiger partial charge in [0.2, 0.25) is 5.91 Å². The Balaban J connectivity index is 1.12. The number of amides is 3. The topological polar surface area (TPSA) is 78.5 Å². The minimum absolute atomic E-state index is 0.0607. The Hall–Kier alpha value is -2.29. The van der Waals surface area contributed by atoms with Crippen molar-refractivity contribution in [2.24, 2.45) is 5.92 Å². The molecule has 3 amide bonds. The van der Waals surface area contributed by atoms with E-state index in [9.17, 15) is 14.4 Å². The molecule has 0 spiro atoms. The van der Waals surface area contributed by atoms with Gasteiger partial charge in [-0.05, 0) is 53.7 Å². The van der Waals surface area contributed by atoms with Gasteiger partial charge in [-0.15, -0.1) is 23.5 Å². The summed E-state index contributed by atoms with van der Waals surface area (Å²) in [6, 6.07) is 11.1. The summed E-state index contributed by atoms with van der Waals surface area (Å²) in [5.41, 5.74) is 2.27. The highest BCUT2D eigenvalue weighted by atomic mass is 32.2. The van der Waals surface area contributed by atoms with Crippen LogP contribution in [0.15, 0.2) is 46.9 Å². The standard InChI is InChI=1S/C24H23N3O3S2/c28-20-19-14-7-1-2-10-17(14)32-21(19)26-24(25-20)31-12-11-27-22(29)15-8-3-5-13-6-4-9-16(18(13)15)23(27)30/h3-6,8-9,19,21,24,26H,1-2,7,10-12H2,(H,25,28). The molecule has 32 heavy (non-hydrogen) atoms. The second-order valence-electron chi connectivity index (χ2n) is 8.57. The van der Waals surface area contributed by atoms with E-state index in [1.165, 1.54) is 40.0 Å². The molecule has 0 bridgehead atoms. The van der Waals surface area contributed by atoms with E-state index in [0.29, 0.717) is 23.4 Å². The highest BCUT2D eigenvalue weighted by molar-refractivity contribution is 8.04. The molecule has 3 aliphatic heterocycles. The predicted molar refractivity (Wildman–Crippen MR) is 127 cm³/mol. The highest BCUT2D eigenvalue weighted by Crippen LogP contribution is 2.49. The first-order valence-corrected chi connectivity index (χ1v) is 13.0. The van der Waals surface area contributed by atoms with Crippen LogP contribution >= 0.6 is 23.5 Å². The van der Waals surface area contributed by atoms with Crippen molar-refractivity contribution in [1.29, 1.82) is 0 Å². The van der Waals surface area contributed by atoms with E-state index in [1.54, 1.807) is 12.1 Å². The molecule has 1 saturated heterocycles. The number of imide groups is 1. The first-order chi connectivity index (χ1) is 15.6. The molecule has 0 aromatic heterocycles. The fourth-order valence-electron chi connectivity index (χ4n) is 5.24. The molecule has 1 fully saturated rings. The molecule has 2 N–H and O–H groups in total. The van der Waals surface area contributed by atoms with Crippen LogP contribution in [-0.2, 0) is 4.79 Å². The number of fused-ring (bicyclic) bond motifs is 2. The van der Waals surface area contributed by atoms with Crippen LogP contribution < -0.4 is 10.6 Å². The van der Waals surface area contributed by atoms with Gasteiger partial charge in [-0.25, -0.2) is 0 Å². The molecule has 6 nitrogen and oxygen atoms in total. The number of allylic oxidation sites excluding steroid dienone is 1. The van der Waals surface area contributed by atoms with Crippen molar-refractivity contribution in [2.75, 3.05) is 12.3 Å². The average molecular weight is 466 g/mol. The normalized spacial score (nSPS) is 26.9. The third-order valence-electron chi connectivity index (χ3n) is 6.73. The minimum Gasteiger partial charge on any atom is -0.331 e. The van der Waals surface area contributed by atoms with E-state index in [0.717, 1.165) is 23.6 Å². The molecule has 0 radical (unpaired) electrons. The Labute approximate surface area is 194 Å². The summed E-state index contributed by atoms with van der Waals surface area (Å²) in [4.78, 5) is 41.6. The molecule has 0 saturated carbocycles. The van der Waals surface area contributed by atoms with Gasteiger partial charge in [0.1, 0.15) is 5.50 Å². The van der Waals surface area contributed by atoms with Crippen LogP contribution in [0.25, 0.3) is 10.8 Å². The van der Waals surface area contributed by atoms with Crippen LogP contribution in [0, 0.1) is 5.92 Å². The van der Waals surface area contributed by atoms with E-state index in [1.807, 2.05) is 36.0 Å². The fraction of sp³-hybridized carbons (Fsp3) is 0.375. The van der Waals surface area contributed by atoms with Crippen LogP contribution in [0.4, 0.5) is 0 Å². The van der Waals surface area contributed by atoms with Crippen LogP contribution in [-0.4, -0.2) is 45.8 Å². The molecule has 1 aliphatic carbocycles. The van der Waals surface area contributed by atoms with Crippen molar-refractivity contribution < 1.29 is 14.4 Å². The lowest BCUT2D eigenvalue weighted by atomic mass is 9.88. The first kappa shape index (κ1) is 20.3. The maximum absolute atomic E-state index is 13.0. The number of nitrogens with zero attached hydrogens (tertiary/aromatic N) is 1. The van der Waals surface area contributed by atoms with Gasteiger partial charge < -0.3 is 5.32 Å². The van der Waals surface area contributed by atoms with Crippen molar-refractivity contribution in [2.45, 2.75) is 36.6 Å². The summed E-state index contributed by atoms with van der Waals surface area (Å²) in [5, 5.41) is 8.39. The molecule has 4 aliphatic rings. The lowest BCUT2D eigenvalue weighted by Crippen LogP contribution is -2.58. The maximum Gasteiger partial charge on any atom is 0.261 e. The number of hydrogen-bond donors (Lipinski definition) is 2. The zero-order chi connectivity index (χ0) is 21.8. The second-order valence-corrected chi connectivity index (χ2v) is 11.0. The van der Waals surface area contributed by atoms with Crippen molar-refractivity contribution >= 4 is 52.0 Å². The Kier molecular flexibility index (Phi) is 5.04. The van der Waals surface area contributed by atoms with E-state index in [-0.39, 0.29) is 34.5 Å². The van der Waals surface area contributed by atoms with Gasteiger partial charge in [0.05, 0.1) is 11.3 Å². The summed E-state index contributed by atoms with van der Waals surface area (Å²) in [6.07, 6.45) is 4.50. The van der Waals surface area contributed by atoms with Crippen LogP contribution in [0.1, 0.15) is 46.4 Å².